The number of sulfonamides is 2. The molecule has 29 heavy (non-hydrogen) atoms. The number of hydrogen-bond acceptors (Lipinski definition) is 6. The molecular formula is C19H24N2O6S2. The summed E-state index contributed by atoms with van der Waals surface area (Å²) in [5.41, 5.74) is 1.43. The first-order valence-corrected chi connectivity index (χ1v) is 12.1. The van der Waals surface area contributed by atoms with Gasteiger partial charge in [0, 0.05) is 6.54 Å². The van der Waals surface area contributed by atoms with Crippen molar-refractivity contribution in [1.29, 1.82) is 0 Å². The van der Waals surface area contributed by atoms with Gasteiger partial charge in [-0.15, -0.1) is 0 Å². The van der Waals surface area contributed by atoms with Crippen LogP contribution >= 0.6 is 0 Å². The summed E-state index contributed by atoms with van der Waals surface area (Å²) >= 11 is 0. The van der Waals surface area contributed by atoms with Crippen LogP contribution in [-0.2, 0) is 20.0 Å². The van der Waals surface area contributed by atoms with Crippen LogP contribution in [0.4, 0.5) is 11.4 Å². The van der Waals surface area contributed by atoms with Crippen LogP contribution in [0.3, 0.4) is 0 Å². The van der Waals surface area contributed by atoms with Crippen molar-refractivity contribution in [3.8, 4) is 11.5 Å². The van der Waals surface area contributed by atoms with Crippen molar-refractivity contribution >= 4 is 31.4 Å². The molecule has 1 fully saturated rings. The van der Waals surface area contributed by atoms with Crippen molar-refractivity contribution in [2.75, 3.05) is 35.5 Å². The van der Waals surface area contributed by atoms with Crippen molar-refractivity contribution in [3.05, 3.63) is 42.0 Å². The summed E-state index contributed by atoms with van der Waals surface area (Å²) in [7, 11) is -4.75. The first-order chi connectivity index (χ1) is 13.7. The Hall–Kier alpha value is -2.46. The second-order valence-electron chi connectivity index (χ2n) is 6.74. The Bertz CT molecular complexity index is 1110. The van der Waals surface area contributed by atoms with Crippen molar-refractivity contribution < 1.29 is 26.3 Å². The Kier molecular flexibility index (Phi) is 5.95. The molecule has 1 aliphatic heterocycles. The number of methoxy groups -OCH3 is 2. The van der Waals surface area contributed by atoms with Gasteiger partial charge in [-0.1, -0.05) is 6.07 Å². The molecule has 8 nitrogen and oxygen atoms in total. The summed E-state index contributed by atoms with van der Waals surface area (Å²) < 4.78 is 65.4. The lowest BCUT2D eigenvalue weighted by atomic mass is 10.2. The van der Waals surface area contributed by atoms with Gasteiger partial charge in [0.1, 0.15) is 16.4 Å². The minimum atomic E-state index is -4.08. The third kappa shape index (κ3) is 4.43. The van der Waals surface area contributed by atoms with Crippen molar-refractivity contribution in [2.24, 2.45) is 0 Å². The predicted molar refractivity (Wildman–Crippen MR) is 112 cm³/mol. The first kappa shape index (κ1) is 21.3. The number of nitrogens with one attached hydrogen (secondary N) is 1. The molecule has 1 saturated heterocycles. The van der Waals surface area contributed by atoms with E-state index in [9.17, 15) is 16.8 Å². The van der Waals surface area contributed by atoms with Crippen LogP contribution in [0.25, 0.3) is 0 Å². The molecule has 0 aliphatic carbocycles. The number of aryl methyl sites for hydroxylation is 1. The van der Waals surface area contributed by atoms with Gasteiger partial charge in [-0.05, 0) is 55.7 Å². The van der Waals surface area contributed by atoms with Crippen LogP contribution in [0.5, 0.6) is 11.5 Å². The maximum atomic E-state index is 13.1. The Labute approximate surface area is 171 Å². The lowest BCUT2D eigenvalue weighted by molar-refractivity contribution is 0.403. The molecule has 1 heterocycles. The molecular weight excluding hydrogens is 416 g/mol. The molecule has 3 rings (SSSR count). The molecule has 1 N–H and O–H groups in total. The molecule has 0 bridgehead atoms. The third-order valence-corrected chi connectivity index (χ3v) is 7.93. The lowest BCUT2D eigenvalue weighted by Gasteiger charge is -2.28. The van der Waals surface area contributed by atoms with Gasteiger partial charge >= 0.3 is 0 Å². The topological polar surface area (TPSA) is 102 Å². The molecule has 0 saturated carbocycles. The van der Waals surface area contributed by atoms with E-state index < -0.39 is 20.0 Å². The Balaban J connectivity index is 2.06. The maximum absolute atomic E-state index is 13.1. The Morgan fingerprint density at radius 3 is 2.34 bits per heavy atom. The average Bonchev–Trinajstić information content (AvgIpc) is 2.67. The highest BCUT2D eigenvalue weighted by atomic mass is 32.2. The second-order valence-corrected chi connectivity index (χ2v) is 10.4. The van der Waals surface area contributed by atoms with E-state index in [0.717, 1.165) is 5.56 Å². The summed E-state index contributed by atoms with van der Waals surface area (Å²) in [6, 6.07) is 9.46. The highest BCUT2D eigenvalue weighted by molar-refractivity contribution is 7.93. The summed E-state index contributed by atoms with van der Waals surface area (Å²) in [5, 5.41) is 0. The summed E-state index contributed by atoms with van der Waals surface area (Å²) in [5.74, 6) is 0.523. The first-order valence-electron chi connectivity index (χ1n) is 9.04. The number of rotatable bonds is 6. The van der Waals surface area contributed by atoms with Crippen LogP contribution < -0.4 is 18.5 Å². The minimum Gasteiger partial charge on any atom is -0.495 e. The number of anilines is 2. The zero-order valence-electron chi connectivity index (χ0n) is 16.5. The van der Waals surface area contributed by atoms with Crippen molar-refractivity contribution in [1.82, 2.24) is 0 Å². The number of benzene rings is 2. The van der Waals surface area contributed by atoms with E-state index in [0.29, 0.717) is 30.8 Å². The van der Waals surface area contributed by atoms with Crippen LogP contribution in [0.1, 0.15) is 18.4 Å². The maximum Gasteiger partial charge on any atom is 0.265 e. The van der Waals surface area contributed by atoms with E-state index in [1.165, 1.54) is 30.7 Å². The van der Waals surface area contributed by atoms with Gasteiger partial charge in [-0.25, -0.2) is 16.8 Å². The van der Waals surface area contributed by atoms with E-state index in [1.54, 1.807) is 24.3 Å². The number of ether oxygens (including phenoxy) is 2. The molecule has 1 aliphatic rings. The smallest absolute Gasteiger partial charge is 0.265 e. The summed E-state index contributed by atoms with van der Waals surface area (Å²) in [6.07, 6.45) is 1.31. The number of nitrogens with zero attached hydrogens (tertiary/aromatic N) is 1. The molecule has 158 valence electrons. The normalized spacial score (nSPS) is 16.3. The fourth-order valence-electron chi connectivity index (χ4n) is 3.21. The zero-order chi connectivity index (χ0) is 21.2. The van der Waals surface area contributed by atoms with Gasteiger partial charge in [-0.3, -0.25) is 9.03 Å². The fraction of sp³-hybridized carbons (Fsp3) is 0.368. The van der Waals surface area contributed by atoms with Gasteiger partial charge in [0.25, 0.3) is 10.0 Å². The number of hydrogen-bond donors (Lipinski definition) is 1. The third-order valence-electron chi connectivity index (χ3n) is 4.67. The molecule has 10 heteroatoms. The lowest BCUT2D eigenvalue weighted by Crippen LogP contribution is -2.37. The SMILES string of the molecule is COc1ccc(C)cc1NS(=O)(=O)c1cc(N2CCCCS2(=O)=O)ccc1OC. The van der Waals surface area contributed by atoms with Gasteiger partial charge in [-0.2, -0.15) is 0 Å². The van der Waals surface area contributed by atoms with Gasteiger partial charge in [0.05, 0.1) is 31.3 Å². The van der Waals surface area contributed by atoms with E-state index in [1.807, 2.05) is 6.92 Å². The zero-order valence-corrected chi connectivity index (χ0v) is 18.1. The molecule has 0 spiro atoms. The van der Waals surface area contributed by atoms with E-state index in [-0.39, 0.29) is 22.1 Å². The fourth-order valence-corrected chi connectivity index (χ4v) is 6.09. The molecule has 2 aromatic rings. The molecule has 2 aromatic carbocycles. The van der Waals surface area contributed by atoms with Crippen LogP contribution in [-0.4, -0.2) is 43.4 Å². The molecule has 0 radical (unpaired) electrons. The van der Waals surface area contributed by atoms with E-state index >= 15 is 0 Å². The van der Waals surface area contributed by atoms with E-state index in [4.69, 9.17) is 9.47 Å². The summed E-state index contributed by atoms with van der Waals surface area (Å²) in [6.45, 7) is 2.15. The highest BCUT2D eigenvalue weighted by Gasteiger charge is 2.29. The van der Waals surface area contributed by atoms with Gasteiger partial charge in [0.2, 0.25) is 10.0 Å². The Morgan fingerprint density at radius 2 is 1.69 bits per heavy atom. The van der Waals surface area contributed by atoms with E-state index in [2.05, 4.69) is 4.72 Å². The van der Waals surface area contributed by atoms with Crippen molar-refractivity contribution in [2.45, 2.75) is 24.7 Å². The Morgan fingerprint density at radius 1 is 1.00 bits per heavy atom. The molecule has 0 amide bonds. The van der Waals surface area contributed by atoms with Crippen LogP contribution in [0.15, 0.2) is 41.3 Å². The van der Waals surface area contributed by atoms with Gasteiger partial charge in [0.15, 0.2) is 0 Å². The molecule has 0 aromatic heterocycles. The predicted octanol–water partition coefficient (Wildman–Crippen LogP) is 2.74. The van der Waals surface area contributed by atoms with Crippen LogP contribution in [0.2, 0.25) is 0 Å². The minimum absolute atomic E-state index is 0.0415. The largest absolute Gasteiger partial charge is 0.495 e. The average molecular weight is 441 g/mol. The monoisotopic (exact) mass is 440 g/mol. The molecule has 0 atom stereocenters. The van der Waals surface area contributed by atoms with Crippen LogP contribution in [0, 0.1) is 6.92 Å². The van der Waals surface area contributed by atoms with Gasteiger partial charge < -0.3 is 9.47 Å². The quantitative estimate of drug-likeness (QED) is 0.741. The van der Waals surface area contributed by atoms with Crippen molar-refractivity contribution in [3.63, 3.8) is 0 Å². The summed E-state index contributed by atoms with van der Waals surface area (Å²) in [4.78, 5) is -0.151. The second kappa shape index (κ2) is 8.11. The standard InChI is InChI=1S/C19H24N2O6S2/c1-14-6-8-17(26-2)16(12-14)20-29(24,25)19-13-15(7-9-18(19)27-3)21-10-4-5-11-28(21,22)23/h6-9,12-13,20H,4-5,10-11H2,1-3H3. The highest BCUT2D eigenvalue weighted by Crippen LogP contribution is 2.34. The molecule has 0 unspecified atom stereocenters.